The molecular weight excluding hydrogens is 392 g/mol. The van der Waals surface area contributed by atoms with Gasteiger partial charge in [0.15, 0.2) is 0 Å². The van der Waals surface area contributed by atoms with Gasteiger partial charge in [0, 0.05) is 43.0 Å². The first kappa shape index (κ1) is 19.8. The van der Waals surface area contributed by atoms with Gasteiger partial charge in [-0.15, -0.1) is 0 Å². The van der Waals surface area contributed by atoms with Crippen LogP contribution in [0.1, 0.15) is 35.4 Å². The molecule has 0 bridgehead atoms. The van der Waals surface area contributed by atoms with E-state index in [-0.39, 0.29) is 11.5 Å². The summed E-state index contributed by atoms with van der Waals surface area (Å²) in [6.07, 6.45) is 3.96. The molecule has 7 nitrogen and oxygen atoms in total. The number of morpholine rings is 1. The molecule has 1 aromatic heterocycles. The topological polar surface area (TPSA) is 76.5 Å². The maximum Gasteiger partial charge on any atom is 0.261 e. The predicted octanol–water partition coefficient (Wildman–Crippen LogP) is 3.21. The number of hydrogen-bond donors (Lipinski definition) is 1. The number of ether oxygens (including phenoxy) is 1. The first-order valence-corrected chi connectivity index (χ1v) is 11.0. The molecule has 1 N–H and O–H groups in total. The van der Waals surface area contributed by atoms with Crippen molar-refractivity contribution < 1.29 is 9.53 Å². The Hall–Kier alpha value is -3.19. The third-order valence-corrected chi connectivity index (χ3v) is 6.08. The van der Waals surface area contributed by atoms with E-state index in [0.29, 0.717) is 16.5 Å². The highest BCUT2D eigenvalue weighted by Gasteiger charge is 2.16. The number of aryl methyl sites for hydroxylation is 1. The van der Waals surface area contributed by atoms with Crippen molar-refractivity contribution in [3.8, 4) is 0 Å². The number of anilines is 2. The van der Waals surface area contributed by atoms with Gasteiger partial charge in [-0.3, -0.25) is 14.2 Å². The summed E-state index contributed by atoms with van der Waals surface area (Å²) in [6, 6.07) is 13.0. The van der Waals surface area contributed by atoms with Crippen LogP contribution in [-0.2, 0) is 17.7 Å². The first-order chi connectivity index (χ1) is 15.2. The van der Waals surface area contributed by atoms with Crippen molar-refractivity contribution in [2.24, 2.45) is 0 Å². The number of aromatic nitrogens is 2. The summed E-state index contributed by atoms with van der Waals surface area (Å²) >= 11 is 0. The van der Waals surface area contributed by atoms with Gasteiger partial charge in [-0.1, -0.05) is 6.42 Å². The van der Waals surface area contributed by atoms with Gasteiger partial charge in [0.1, 0.15) is 5.82 Å². The number of nitrogens with one attached hydrogen (secondary N) is 1. The van der Waals surface area contributed by atoms with Crippen LogP contribution in [0, 0.1) is 0 Å². The van der Waals surface area contributed by atoms with Gasteiger partial charge in [0.2, 0.25) is 0 Å². The largest absolute Gasteiger partial charge is 0.378 e. The average Bonchev–Trinajstić information content (AvgIpc) is 3.06. The second kappa shape index (κ2) is 8.51. The van der Waals surface area contributed by atoms with Crippen molar-refractivity contribution in [2.75, 3.05) is 36.5 Å². The number of rotatable bonds is 3. The number of fused-ring (bicyclic) bond motifs is 2. The molecule has 1 amide bonds. The molecule has 0 radical (unpaired) electrons. The minimum atomic E-state index is -0.210. The zero-order valence-electron chi connectivity index (χ0n) is 17.5. The van der Waals surface area contributed by atoms with E-state index in [1.54, 1.807) is 22.8 Å². The van der Waals surface area contributed by atoms with Crippen LogP contribution in [0.15, 0.2) is 47.3 Å². The Morgan fingerprint density at radius 1 is 0.968 bits per heavy atom. The molecule has 0 atom stereocenters. The Morgan fingerprint density at radius 2 is 1.77 bits per heavy atom. The molecule has 0 saturated carbocycles. The lowest BCUT2D eigenvalue weighted by atomic mass is 10.1. The lowest BCUT2D eigenvalue weighted by molar-refractivity contribution is 0.102. The van der Waals surface area contributed by atoms with Gasteiger partial charge >= 0.3 is 0 Å². The summed E-state index contributed by atoms with van der Waals surface area (Å²) in [4.78, 5) is 32.7. The van der Waals surface area contributed by atoms with Gasteiger partial charge in [-0.2, -0.15) is 0 Å². The Kier molecular flexibility index (Phi) is 5.42. The molecule has 1 saturated heterocycles. The van der Waals surface area contributed by atoms with Gasteiger partial charge in [0.05, 0.1) is 24.1 Å². The molecule has 0 spiro atoms. The summed E-state index contributed by atoms with van der Waals surface area (Å²) in [5, 5.41) is 3.51. The zero-order chi connectivity index (χ0) is 21.2. The molecule has 2 aromatic carbocycles. The number of carbonyl (C=O) groups is 1. The molecule has 1 fully saturated rings. The monoisotopic (exact) mass is 418 g/mol. The molecule has 3 heterocycles. The van der Waals surface area contributed by atoms with Gasteiger partial charge < -0.3 is 15.0 Å². The molecule has 160 valence electrons. The average molecular weight is 418 g/mol. The summed E-state index contributed by atoms with van der Waals surface area (Å²) in [7, 11) is 0. The molecule has 5 rings (SSSR count). The van der Waals surface area contributed by atoms with Crippen molar-refractivity contribution in [1.82, 2.24) is 9.55 Å². The van der Waals surface area contributed by atoms with Crippen LogP contribution in [0.5, 0.6) is 0 Å². The van der Waals surface area contributed by atoms with E-state index < -0.39 is 0 Å². The Bertz CT molecular complexity index is 1160. The Labute approximate surface area is 180 Å². The van der Waals surface area contributed by atoms with Crippen LogP contribution in [0.4, 0.5) is 11.4 Å². The highest BCUT2D eigenvalue weighted by atomic mass is 16.5. The lowest BCUT2D eigenvalue weighted by Gasteiger charge is -2.28. The van der Waals surface area contributed by atoms with E-state index in [1.165, 1.54) is 0 Å². The summed E-state index contributed by atoms with van der Waals surface area (Å²) in [5.74, 6) is 0.615. The third kappa shape index (κ3) is 4.05. The number of carbonyl (C=O) groups excluding carboxylic acids is 1. The van der Waals surface area contributed by atoms with Crippen LogP contribution in [-0.4, -0.2) is 41.8 Å². The minimum Gasteiger partial charge on any atom is -0.378 e. The van der Waals surface area contributed by atoms with Crippen molar-refractivity contribution >= 4 is 28.2 Å². The fourth-order valence-corrected chi connectivity index (χ4v) is 4.34. The molecular formula is C24H26N4O3. The van der Waals surface area contributed by atoms with Crippen LogP contribution in [0.2, 0.25) is 0 Å². The number of benzene rings is 2. The van der Waals surface area contributed by atoms with E-state index in [1.807, 2.05) is 24.3 Å². The van der Waals surface area contributed by atoms with Crippen molar-refractivity contribution in [3.63, 3.8) is 0 Å². The SMILES string of the molecule is O=C(Nc1ccc(N2CCOCC2)cc1)c1ccc2c(=O)n3c(nc2c1)CCCCC3. The van der Waals surface area contributed by atoms with Crippen LogP contribution < -0.4 is 15.8 Å². The second-order valence-corrected chi connectivity index (χ2v) is 8.13. The number of hydrogen-bond acceptors (Lipinski definition) is 5. The fraction of sp³-hybridized carbons (Fsp3) is 0.375. The lowest BCUT2D eigenvalue weighted by Crippen LogP contribution is -2.36. The summed E-state index contributed by atoms with van der Waals surface area (Å²) in [5.41, 5.74) is 2.94. The highest BCUT2D eigenvalue weighted by Crippen LogP contribution is 2.21. The van der Waals surface area contributed by atoms with E-state index in [2.05, 4.69) is 10.2 Å². The van der Waals surface area contributed by atoms with E-state index in [0.717, 1.165) is 75.7 Å². The van der Waals surface area contributed by atoms with Crippen LogP contribution >= 0.6 is 0 Å². The van der Waals surface area contributed by atoms with Gasteiger partial charge in [-0.25, -0.2) is 4.98 Å². The quantitative estimate of drug-likeness (QED) is 0.707. The second-order valence-electron chi connectivity index (χ2n) is 8.13. The number of amides is 1. The maximum absolute atomic E-state index is 12.9. The smallest absolute Gasteiger partial charge is 0.261 e. The standard InChI is InChI=1S/C24H26N4O3/c29-23(25-18-6-8-19(9-7-18)27-12-14-31-15-13-27)17-5-10-20-21(16-17)26-22-4-2-1-3-11-28(22)24(20)30/h5-10,16H,1-4,11-15H2,(H,25,29). The van der Waals surface area contributed by atoms with Crippen molar-refractivity contribution in [2.45, 2.75) is 32.2 Å². The molecule has 0 aliphatic carbocycles. The predicted molar refractivity (Wildman–Crippen MR) is 121 cm³/mol. The molecule has 7 heteroatoms. The number of nitrogens with zero attached hydrogens (tertiary/aromatic N) is 3. The van der Waals surface area contributed by atoms with E-state index >= 15 is 0 Å². The minimum absolute atomic E-state index is 0.00689. The fourth-order valence-electron chi connectivity index (χ4n) is 4.34. The van der Waals surface area contributed by atoms with E-state index in [4.69, 9.17) is 9.72 Å². The van der Waals surface area contributed by atoms with E-state index in [9.17, 15) is 9.59 Å². The normalized spacial score (nSPS) is 16.6. The van der Waals surface area contributed by atoms with Crippen LogP contribution in [0.25, 0.3) is 10.9 Å². The summed E-state index contributed by atoms with van der Waals surface area (Å²) < 4.78 is 7.19. The first-order valence-electron chi connectivity index (χ1n) is 11.0. The molecule has 2 aliphatic heterocycles. The summed E-state index contributed by atoms with van der Waals surface area (Å²) in [6.45, 7) is 3.95. The Morgan fingerprint density at radius 3 is 2.58 bits per heavy atom. The molecule has 0 unspecified atom stereocenters. The molecule has 3 aromatic rings. The maximum atomic E-state index is 12.9. The molecule has 2 aliphatic rings. The third-order valence-electron chi connectivity index (χ3n) is 6.08. The van der Waals surface area contributed by atoms with Gasteiger partial charge in [-0.05, 0) is 55.3 Å². The highest BCUT2D eigenvalue weighted by molar-refractivity contribution is 6.06. The van der Waals surface area contributed by atoms with Crippen molar-refractivity contribution in [1.29, 1.82) is 0 Å². The van der Waals surface area contributed by atoms with Gasteiger partial charge in [0.25, 0.3) is 11.5 Å². The molecule has 31 heavy (non-hydrogen) atoms. The van der Waals surface area contributed by atoms with Crippen LogP contribution in [0.3, 0.4) is 0 Å². The zero-order valence-corrected chi connectivity index (χ0v) is 17.5. The Balaban J connectivity index is 1.36. The van der Waals surface area contributed by atoms with Crippen molar-refractivity contribution in [3.05, 3.63) is 64.2 Å².